The lowest BCUT2D eigenvalue weighted by molar-refractivity contribution is -0.156. The van der Waals surface area contributed by atoms with Crippen LogP contribution in [0.3, 0.4) is 0 Å². The second kappa shape index (κ2) is 7.03. The average Bonchev–Trinajstić information content (AvgIpc) is 2.52. The van der Waals surface area contributed by atoms with Crippen molar-refractivity contribution in [1.29, 1.82) is 0 Å². The van der Waals surface area contributed by atoms with Crippen LogP contribution < -0.4 is 5.32 Å². The van der Waals surface area contributed by atoms with Crippen molar-refractivity contribution >= 4 is 23.4 Å². The molecular weight excluding hydrogens is 306 g/mol. The van der Waals surface area contributed by atoms with Gasteiger partial charge in [-0.15, -0.1) is 0 Å². The van der Waals surface area contributed by atoms with Gasteiger partial charge in [0.2, 0.25) is 5.91 Å². The quantitative estimate of drug-likeness (QED) is 0.852. The number of carbonyl (C=O) groups is 3. The van der Waals surface area contributed by atoms with Crippen LogP contribution in [0.15, 0.2) is 24.3 Å². The fourth-order valence-corrected chi connectivity index (χ4v) is 2.60. The Balaban J connectivity index is 1.94. The normalized spacial score (nSPS) is 15.7. The zero-order valence-electron chi connectivity index (χ0n) is 14.8. The number of nitrogens with zero attached hydrogens (tertiary/aromatic N) is 2. The molecule has 0 atom stereocenters. The van der Waals surface area contributed by atoms with Crippen molar-refractivity contribution in [3.8, 4) is 0 Å². The minimum absolute atomic E-state index is 0.0499. The van der Waals surface area contributed by atoms with Crippen LogP contribution in [0.25, 0.3) is 0 Å². The van der Waals surface area contributed by atoms with Gasteiger partial charge in [0.1, 0.15) is 6.54 Å². The Morgan fingerprint density at radius 2 is 1.58 bits per heavy atom. The summed E-state index contributed by atoms with van der Waals surface area (Å²) in [7, 11) is 0. The van der Waals surface area contributed by atoms with Gasteiger partial charge in [-0.2, -0.15) is 0 Å². The Bertz CT molecular complexity index is 632. The number of amides is 3. The van der Waals surface area contributed by atoms with E-state index in [1.54, 1.807) is 0 Å². The second-order valence-corrected chi connectivity index (χ2v) is 6.99. The molecule has 3 amide bonds. The maximum Gasteiger partial charge on any atom is 0.312 e. The molecule has 24 heavy (non-hydrogen) atoms. The molecule has 0 saturated carbocycles. The topological polar surface area (TPSA) is 69.7 Å². The zero-order valence-corrected chi connectivity index (χ0v) is 14.8. The summed E-state index contributed by atoms with van der Waals surface area (Å²) in [6.07, 6.45) is 0. The molecule has 6 nitrogen and oxygen atoms in total. The molecule has 0 radical (unpaired) electrons. The number of rotatable bonds is 4. The molecule has 0 aromatic heterocycles. The smallest absolute Gasteiger partial charge is 0.312 e. The number of carbonyl (C=O) groups excluding carboxylic acids is 3. The number of piperazine rings is 1. The fourth-order valence-electron chi connectivity index (χ4n) is 2.60. The van der Waals surface area contributed by atoms with Crippen molar-refractivity contribution in [2.24, 2.45) is 0 Å². The minimum atomic E-state index is -0.610. The first-order valence-electron chi connectivity index (χ1n) is 8.21. The Labute approximate surface area is 142 Å². The summed E-state index contributed by atoms with van der Waals surface area (Å²) in [5.41, 5.74) is 1.91. The molecule has 1 fully saturated rings. The lowest BCUT2D eigenvalue weighted by atomic mass is 9.87. The van der Waals surface area contributed by atoms with E-state index < -0.39 is 11.8 Å². The maximum atomic E-state index is 12.1. The Kier molecular flexibility index (Phi) is 5.26. The highest BCUT2D eigenvalue weighted by Gasteiger charge is 2.32. The SMILES string of the molecule is CCN1CCN(CC(=O)Nc2ccc(C(C)(C)C)cc2)C(=O)C1=O. The molecule has 0 spiro atoms. The van der Waals surface area contributed by atoms with Crippen LogP contribution in [0.1, 0.15) is 33.3 Å². The first-order chi connectivity index (χ1) is 11.2. The highest BCUT2D eigenvalue weighted by Crippen LogP contribution is 2.23. The summed E-state index contributed by atoms with van der Waals surface area (Å²) >= 11 is 0. The van der Waals surface area contributed by atoms with Gasteiger partial charge in [-0.1, -0.05) is 32.9 Å². The molecule has 0 aliphatic carbocycles. The van der Waals surface area contributed by atoms with Crippen molar-refractivity contribution in [2.45, 2.75) is 33.1 Å². The lowest BCUT2D eigenvalue weighted by Gasteiger charge is -2.32. The van der Waals surface area contributed by atoms with Crippen LogP contribution in [-0.4, -0.2) is 53.7 Å². The third-order valence-electron chi connectivity index (χ3n) is 4.15. The van der Waals surface area contributed by atoms with E-state index in [9.17, 15) is 14.4 Å². The maximum absolute atomic E-state index is 12.1. The summed E-state index contributed by atoms with van der Waals surface area (Å²) < 4.78 is 0. The van der Waals surface area contributed by atoms with Crippen LogP contribution in [0.2, 0.25) is 0 Å². The number of hydrogen-bond donors (Lipinski definition) is 1. The van der Waals surface area contributed by atoms with Crippen LogP contribution in [-0.2, 0) is 19.8 Å². The van der Waals surface area contributed by atoms with Gasteiger partial charge in [0.15, 0.2) is 0 Å². The molecule has 1 aromatic carbocycles. The van der Waals surface area contributed by atoms with Gasteiger partial charge < -0.3 is 15.1 Å². The van der Waals surface area contributed by atoms with Gasteiger partial charge in [-0.3, -0.25) is 14.4 Å². The summed E-state index contributed by atoms with van der Waals surface area (Å²) in [6, 6.07) is 7.65. The molecular formula is C18H25N3O3. The summed E-state index contributed by atoms with van der Waals surface area (Å²) in [5.74, 6) is -1.45. The van der Waals surface area contributed by atoms with Crippen LogP contribution >= 0.6 is 0 Å². The van der Waals surface area contributed by atoms with E-state index in [0.29, 0.717) is 25.3 Å². The monoisotopic (exact) mass is 331 g/mol. The second-order valence-electron chi connectivity index (χ2n) is 6.99. The first kappa shape index (κ1) is 18.0. The summed E-state index contributed by atoms with van der Waals surface area (Å²) in [4.78, 5) is 38.8. The molecule has 2 rings (SSSR count). The van der Waals surface area contributed by atoms with E-state index in [2.05, 4.69) is 26.1 Å². The predicted octanol–water partition coefficient (Wildman–Crippen LogP) is 1.61. The summed E-state index contributed by atoms with van der Waals surface area (Å²) in [6.45, 7) is 9.45. The zero-order chi connectivity index (χ0) is 17.9. The largest absolute Gasteiger partial charge is 0.333 e. The van der Waals surface area contributed by atoms with Gasteiger partial charge in [-0.25, -0.2) is 0 Å². The van der Waals surface area contributed by atoms with Crippen molar-refractivity contribution in [3.05, 3.63) is 29.8 Å². The molecule has 1 N–H and O–H groups in total. The van der Waals surface area contributed by atoms with Gasteiger partial charge >= 0.3 is 11.8 Å². The highest BCUT2D eigenvalue weighted by atomic mass is 16.2. The average molecular weight is 331 g/mol. The molecule has 1 aliphatic heterocycles. The van der Waals surface area contributed by atoms with E-state index in [-0.39, 0.29) is 17.9 Å². The van der Waals surface area contributed by atoms with Gasteiger partial charge in [0, 0.05) is 25.3 Å². The lowest BCUT2D eigenvalue weighted by Crippen LogP contribution is -2.55. The van der Waals surface area contributed by atoms with Gasteiger partial charge in [0.05, 0.1) is 0 Å². The van der Waals surface area contributed by atoms with Crippen molar-refractivity contribution in [1.82, 2.24) is 9.80 Å². The van der Waals surface area contributed by atoms with E-state index in [4.69, 9.17) is 0 Å². The third kappa shape index (κ3) is 4.13. The number of hydrogen-bond acceptors (Lipinski definition) is 3. The van der Waals surface area contributed by atoms with Crippen LogP contribution in [0.5, 0.6) is 0 Å². The van der Waals surface area contributed by atoms with E-state index in [1.807, 2.05) is 31.2 Å². The van der Waals surface area contributed by atoms with Gasteiger partial charge in [0.25, 0.3) is 0 Å². The summed E-state index contributed by atoms with van der Waals surface area (Å²) in [5, 5.41) is 2.77. The van der Waals surface area contributed by atoms with Crippen LogP contribution in [0.4, 0.5) is 5.69 Å². The molecule has 6 heteroatoms. The number of anilines is 1. The molecule has 130 valence electrons. The standard InChI is InChI=1S/C18H25N3O3/c1-5-20-10-11-21(17(24)16(20)23)12-15(22)19-14-8-6-13(7-9-14)18(2,3)4/h6-9H,5,10-12H2,1-4H3,(H,19,22). The Hall–Kier alpha value is -2.37. The minimum Gasteiger partial charge on any atom is -0.333 e. The van der Waals surface area contributed by atoms with Gasteiger partial charge in [-0.05, 0) is 30.0 Å². The molecule has 0 bridgehead atoms. The first-order valence-corrected chi connectivity index (χ1v) is 8.21. The van der Waals surface area contributed by atoms with Crippen LogP contribution in [0, 0.1) is 0 Å². The molecule has 1 heterocycles. The van der Waals surface area contributed by atoms with E-state index >= 15 is 0 Å². The third-order valence-corrected chi connectivity index (χ3v) is 4.15. The van der Waals surface area contributed by atoms with E-state index in [1.165, 1.54) is 15.4 Å². The van der Waals surface area contributed by atoms with Crippen molar-refractivity contribution in [3.63, 3.8) is 0 Å². The highest BCUT2D eigenvalue weighted by molar-refractivity contribution is 6.35. The number of nitrogens with one attached hydrogen (secondary N) is 1. The number of benzene rings is 1. The van der Waals surface area contributed by atoms with E-state index in [0.717, 1.165) is 0 Å². The van der Waals surface area contributed by atoms with Crippen molar-refractivity contribution < 1.29 is 14.4 Å². The molecule has 1 aliphatic rings. The Morgan fingerprint density at radius 1 is 1.04 bits per heavy atom. The fraction of sp³-hybridized carbons (Fsp3) is 0.500. The molecule has 1 aromatic rings. The molecule has 0 unspecified atom stereocenters. The Morgan fingerprint density at radius 3 is 2.12 bits per heavy atom. The molecule has 1 saturated heterocycles. The number of likely N-dealkylation sites (N-methyl/N-ethyl adjacent to an activating group) is 1. The van der Waals surface area contributed by atoms with Crippen molar-refractivity contribution in [2.75, 3.05) is 31.5 Å². The predicted molar refractivity (Wildman–Crippen MR) is 92.6 cm³/mol.